The maximum Gasteiger partial charge on any atom is 0.357 e. The molecule has 1 rings (SSSR count). The van der Waals surface area contributed by atoms with Gasteiger partial charge in [-0.2, -0.15) is 0 Å². The molecule has 0 aliphatic carbocycles. The molecule has 16 heavy (non-hydrogen) atoms. The van der Waals surface area contributed by atoms with Gasteiger partial charge >= 0.3 is 5.97 Å². The lowest BCUT2D eigenvalue weighted by Crippen LogP contribution is -2.13. The molecule has 0 saturated carbocycles. The molecule has 2 N–H and O–H groups in total. The summed E-state index contributed by atoms with van der Waals surface area (Å²) in [6.07, 6.45) is -2.74. The van der Waals surface area contributed by atoms with Crippen LogP contribution >= 0.6 is 22.6 Å². The Morgan fingerprint density at radius 3 is 2.75 bits per heavy atom. The number of rotatable bonds is 3. The van der Waals surface area contributed by atoms with Crippen LogP contribution in [0.25, 0.3) is 0 Å². The Balaban J connectivity index is 3.35. The molecule has 4 nitrogen and oxygen atoms in total. The minimum Gasteiger partial charge on any atom is -0.464 e. The van der Waals surface area contributed by atoms with Crippen LogP contribution in [0.1, 0.15) is 28.2 Å². The number of nitrogens with zero attached hydrogens (tertiary/aromatic N) is 1. The number of aromatic nitrogens is 1. The number of hydrogen-bond donors (Lipinski definition) is 1. The maximum atomic E-state index is 12.5. The quantitative estimate of drug-likeness (QED) is 0.673. The topological polar surface area (TPSA) is 65.2 Å². The molecule has 0 unspecified atom stereocenters. The van der Waals surface area contributed by atoms with E-state index >= 15 is 0 Å². The van der Waals surface area contributed by atoms with Crippen molar-refractivity contribution in [2.24, 2.45) is 5.73 Å². The van der Waals surface area contributed by atoms with Crippen LogP contribution in [0.2, 0.25) is 0 Å². The van der Waals surface area contributed by atoms with Gasteiger partial charge in [-0.1, -0.05) is 0 Å². The zero-order valence-electron chi connectivity index (χ0n) is 8.34. The summed E-state index contributed by atoms with van der Waals surface area (Å²) in [6.45, 7) is 0.0600. The largest absolute Gasteiger partial charge is 0.464 e. The van der Waals surface area contributed by atoms with Crippen molar-refractivity contribution < 1.29 is 18.3 Å². The van der Waals surface area contributed by atoms with Gasteiger partial charge in [-0.05, 0) is 34.2 Å². The van der Waals surface area contributed by atoms with Crippen molar-refractivity contribution >= 4 is 28.6 Å². The average Bonchev–Trinajstić information content (AvgIpc) is 2.28. The van der Waals surface area contributed by atoms with E-state index in [4.69, 9.17) is 5.73 Å². The fraction of sp³-hybridized carbons (Fsp3) is 0.333. The molecule has 1 heterocycles. The summed E-state index contributed by atoms with van der Waals surface area (Å²) in [6, 6.07) is 1.19. The molecule has 0 radical (unpaired) electrons. The Kier molecular flexibility index (Phi) is 4.54. The van der Waals surface area contributed by atoms with Crippen LogP contribution < -0.4 is 5.73 Å². The van der Waals surface area contributed by atoms with Gasteiger partial charge in [0.2, 0.25) is 0 Å². The van der Waals surface area contributed by atoms with Crippen molar-refractivity contribution in [3.05, 3.63) is 26.6 Å². The first kappa shape index (κ1) is 13.2. The second kappa shape index (κ2) is 5.48. The standard InChI is InChI=1S/C9H9F2IN2O2/c1-16-9(15)7-6(12)4(3-13)2-5(14-7)8(10)11/h2,8H,3,13H2,1H3. The molecule has 0 aliphatic rings. The van der Waals surface area contributed by atoms with E-state index in [1.807, 2.05) is 22.6 Å². The first-order chi connectivity index (χ1) is 7.51. The molecule has 0 atom stereocenters. The van der Waals surface area contributed by atoms with Gasteiger partial charge in [-0.15, -0.1) is 0 Å². The third kappa shape index (κ3) is 2.64. The van der Waals surface area contributed by atoms with Gasteiger partial charge in [0.1, 0.15) is 5.69 Å². The maximum absolute atomic E-state index is 12.5. The molecule has 0 bridgehead atoms. The molecular weight excluding hydrogens is 333 g/mol. The molecule has 88 valence electrons. The van der Waals surface area contributed by atoms with E-state index in [2.05, 4.69) is 9.72 Å². The van der Waals surface area contributed by atoms with E-state index in [-0.39, 0.29) is 12.2 Å². The Bertz CT molecular complexity index is 413. The van der Waals surface area contributed by atoms with Gasteiger partial charge in [0.15, 0.2) is 5.69 Å². The highest BCUT2D eigenvalue weighted by molar-refractivity contribution is 14.1. The highest BCUT2D eigenvalue weighted by Gasteiger charge is 2.20. The summed E-state index contributed by atoms with van der Waals surface area (Å²) in [5.41, 5.74) is 5.26. The molecule has 0 aliphatic heterocycles. The number of nitrogens with two attached hydrogens (primary N) is 1. The molecule has 0 fully saturated rings. The molecular formula is C9H9F2IN2O2. The molecule has 0 aromatic carbocycles. The SMILES string of the molecule is COC(=O)c1nc(C(F)F)cc(CN)c1I. The smallest absolute Gasteiger partial charge is 0.357 e. The summed E-state index contributed by atoms with van der Waals surface area (Å²) in [4.78, 5) is 14.9. The fourth-order valence-corrected chi connectivity index (χ4v) is 1.81. The first-order valence-electron chi connectivity index (χ1n) is 4.27. The van der Waals surface area contributed by atoms with Crippen LogP contribution in [-0.2, 0) is 11.3 Å². The molecule has 0 saturated heterocycles. The molecule has 0 amide bonds. The van der Waals surface area contributed by atoms with E-state index < -0.39 is 18.1 Å². The third-order valence-corrected chi connectivity index (χ3v) is 3.08. The molecule has 0 spiro atoms. The highest BCUT2D eigenvalue weighted by atomic mass is 127. The zero-order valence-corrected chi connectivity index (χ0v) is 10.5. The summed E-state index contributed by atoms with van der Waals surface area (Å²) < 4.78 is 29.9. The molecule has 7 heteroatoms. The summed E-state index contributed by atoms with van der Waals surface area (Å²) in [7, 11) is 1.16. The normalized spacial score (nSPS) is 10.6. The zero-order chi connectivity index (χ0) is 12.3. The number of carbonyl (C=O) groups excluding carboxylic acids is 1. The van der Waals surface area contributed by atoms with E-state index in [1.165, 1.54) is 6.07 Å². The second-order valence-corrected chi connectivity index (χ2v) is 3.94. The summed E-state index contributed by atoms with van der Waals surface area (Å²) in [5, 5.41) is 0. The number of halogens is 3. The fourth-order valence-electron chi connectivity index (χ4n) is 1.10. The molecule has 1 aromatic rings. The van der Waals surface area contributed by atoms with Crippen molar-refractivity contribution in [2.75, 3.05) is 7.11 Å². The van der Waals surface area contributed by atoms with Gasteiger partial charge in [-0.3, -0.25) is 0 Å². The van der Waals surface area contributed by atoms with E-state index in [0.29, 0.717) is 9.13 Å². The number of pyridine rings is 1. The number of alkyl halides is 2. The Morgan fingerprint density at radius 2 is 2.31 bits per heavy atom. The first-order valence-corrected chi connectivity index (χ1v) is 5.35. The number of esters is 1. The van der Waals surface area contributed by atoms with Gasteiger partial charge in [0, 0.05) is 6.54 Å². The monoisotopic (exact) mass is 342 g/mol. The van der Waals surface area contributed by atoms with Crippen LogP contribution in [0.5, 0.6) is 0 Å². The van der Waals surface area contributed by atoms with Gasteiger partial charge in [0.05, 0.1) is 10.7 Å². The van der Waals surface area contributed by atoms with Crippen LogP contribution in [0.15, 0.2) is 6.07 Å². The lowest BCUT2D eigenvalue weighted by Gasteiger charge is -2.09. The Hall–Kier alpha value is -0.830. The lowest BCUT2D eigenvalue weighted by molar-refractivity contribution is 0.0590. The highest BCUT2D eigenvalue weighted by Crippen LogP contribution is 2.23. The summed E-state index contributed by atoms with van der Waals surface area (Å²) in [5.74, 6) is -0.749. The van der Waals surface area contributed by atoms with E-state index in [9.17, 15) is 13.6 Å². The number of methoxy groups -OCH3 is 1. The van der Waals surface area contributed by atoms with Crippen LogP contribution in [0.3, 0.4) is 0 Å². The number of ether oxygens (including phenoxy) is 1. The minimum atomic E-state index is -2.74. The predicted octanol–water partition coefficient (Wildman–Crippen LogP) is 1.87. The van der Waals surface area contributed by atoms with Crippen molar-refractivity contribution in [3.63, 3.8) is 0 Å². The van der Waals surface area contributed by atoms with Crippen molar-refractivity contribution in [1.82, 2.24) is 4.98 Å². The van der Waals surface area contributed by atoms with Crippen LogP contribution in [0.4, 0.5) is 8.78 Å². The predicted molar refractivity (Wildman–Crippen MR) is 61.1 cm³/mol. The van der Waals surface area contributed by atoms with Gasteiger partial charge < -0.3 is 10.5 Å². The Morgan fingerprint density at radius 1 is 1.69 bits per heavy atom. The van der Waals surface area contributed by atoms with E-state index in [0.717, 1.165) is 7.11 Å². The number of hydrogen-bond acceptors (Lipinski definition) is 4. The van der Waals surface area contributed by atoms with Crippen molar-refractivity contribution in [2.45, 2.75) is 13.0 Å². The van der Waals surface area contributed by atoms with Crippen LogP contribution in [0, 0.1) is 3.57 Å². The van der Waals surface area contributed by atoms with Crippen molar-refractivity contribution in [3.8, 4) is 0 Å². The third-order valence-electron chi connectivity index (χ3n) is 1.88. The molecule has 1 aromatic heterocycles. The van der Waals surface area contributed by atoms with Gasteiger partial charge in [-0.25, -0.2) is 18.6 Å². The van der Waals surface area contributed by atoms with Gasteiger partial charge in [0.25, 0.3) is 6.43 Å². The lowest BCUT2D eigenvalue weighted by atomic mass is 10.2. The summed E-state index contributed by atoms with van der Waals surface area (Å²) >= 11 is 1.83. The van der Waals surface area contributed by atoms with Crippen molar-refractivity contribution in [1.29, 1.82) is 0 Å². The Labute approximate surface area is 104 Å². The van der Waals surface area contributed by atoms with E-state index in [1.54, 1.807) is 0 Å². The minimum absolute atomic E-state index is 0.0600. The number of carbonyl (C=O) groups is 1. The van der Waals surface area contributed by atoms with Crippen LogP contribution in [-0.4, -0.2) is 18.1 Å². The second-order valence-electron chi connectivity index (χ2n) is 2.87. The average molecular weight is 342 g/mol.